The van der Waals surface area contributed by atoms with E-state index in [9.17, 15) is 0 Å². The smallest absolute Gasteiger partial charge is 0.209 e. The molecule has 0 aromatic carbocycles. The molecule has 1 aromatic rings. The van der Waals surface area contributed by atoms with Gasteiger partial charge in [0.25, 0.3) is 0 Å². The Hall–Kier alpha value is -0.620. The average molecular weight is 227 g/mol. The summed E-state index contributed by atoms with van der Waals surface area (Å²) in [5.74, 6) is 0. The van der Waals surface area contributed by atoms with E-state index in [-0.39, 0.29) is 0 Å². The lowest BCUT2D eigenvalue weighted by Gasteiger charge is -2.17. The molecule has 1 N–H and O–H groups in total. The maximum absolute atomic E-state index is 4.07. The summed E-state index contributed by atoms with van der Waals surface area (Å²) in [6.45, 7) is 4.36. The largest absolute Gasteiger partial charge is 0.316 e. The van der Waals surface area contributed by atoms with Gasteiger partial charge in [0, 0.05) is 11.3 Å². The van der Waals surface area contributed by atoms with Gasteiger partial charge >= 0.3 is 0 Å². The third-order valence-corrected chi connectivity index (χ3v) is 4.07. The normalized spacial score (nSPS) is 20.2. The molecule has 2 unspecified atom stereocenters. The first kappa shape index (κ1) is 10.9. The zero-order valence-corrected chi connectivity index (χ0v) is 10.2. The summed E-state index contributed by atoms with van der Waals surface area (Å²) in [6.07, 6.45) is 2.43. The number of nitrogens with one attached hydrogen (secondary N) is 1. The minimum absolute atomic E-state index is 0.458. The molecule has 0 aliphatic heterocycles. The standard InChI is InChI=1S/C9H17N5S/c1-6(10-3)7(2)15-9-11-12-13-14(9)8-4-5-8/h6-8,10H,4-5H2,1-3H3. The molecule has 0 radical (unpaired) electrons. The molecular formula is C9H17N5S. The average Bonchev–Trinajstić information content (AvgIpc) is 2.99. The van der Waals surface area contributed by atoms with Gasteiger partial charge in [0.15, 0.2) is 0 Å². The molecule has 15 heavy (non-hydrogen) atoms. The highest BCUT2D eigenvalue weighted by molar-refractivity contribution is 7.99. The van der Waals surface area contributed by atoms with Crippen LogP contribution in [0.4, 0.5) is 0 Å². The van der Waals surface area contributed by atoms with Gasteiger partial charge in [-0.2, -0.15) is 0 Å². The number of thioether (sulfide) groups is 1. The van der Waals surface area contributed by atoms with Crippen molar-refractivity contribution in [2.45, 2.75) is 49.2 Å². The predicted molar refractivity (Wildman–Crippen MR) is 59.9 cm³/mol. The van der Waals surface area contributed by atoms with Crippen molar-refractivity contribution in [1.82, 2.24) is 25.5 Å². The van der Waals surface area contributed by atoms with E-state index in [1.807, 2.05) is 11.7 Å². The third kappa shape index (κ3) is 2.49. The van der Waals surface area contributed by atoms with E-state index in [1.165, 1.54) is 12.8 Å². The van der Waals surface area contributed by atoms with Gasteiger partial charge in [-0.05, 0) is 37.2 Å². The van der Waals surface area contributed by atoms with Crippen molar-refractivity contribution in [3.63, 3.8) is 0 Å². The molecule has 0 bridgehead atoms. The second-order valence-electron chi connectivity index (χ2n) is 4.04. The molecule has 6 heteroatoms. The van der Waals surface area contributed by atoms with E-state index >= 15 is 0 Å². The second kappa shape index (κ2) is 4.49. The Morgan fingerprint density at radius 3 is 2.80 bits per heavy atom. The monoisotopic (exact) mass is 227 g/mol. The number of hydrogen-bond acceptors (Lipinski definition) is 5. The fourth-order valence-corrected chi connectivity index (χ4v) is 2.36. The van der Waals surface area contributed by atoms with Crippen LogP contribution < -0.4 is 5.32 Å². The van der Waals surface area contributed by atoms with Gasteiger partial charge in [-0.1, -0.05) is 18.7 Å². The predicted octanol–water partition coefficient (Wildman–Crippen LogP) is 1.10. The SMILES string of the molecule is CNC(C)C(C)Sc1nnnn1C1CC1. The molecule has 1 aliphatic rings. The lowest BCUT2D eigenvalue weighted by atomic mass is 10.3. The van der Waals surface area contributed by atoms with Gasteiger partial charge in [-0.15, -0.1) is 5.10 Å². The molecule has 1 heterocycles. The number of tetrazole rings is 1. The molecule has 84 valence electrons. The van der Waals surface area contributed by atoms with Gasteiger partial charge in [0.2, 0.25) is 5.16 Å². The molecule has 2 rings (SSSR count). The molecule has 1 aromatic heterocycles. The van der Waals surface area contributed by atoms with Crippen molar-refractivity contribution in [3.05, 3.63) is 0 Å². The van der Waals surface area contributed by atoms with E-state index in [0.29, 0.717) is 17.3 Å². The van der Waals surface area contributed by atoms with Crippen molar-refractivity contribution in [1.29, 1.82) is 0 Å². The highest BCUT2D eigenvalue weighted by Gasteiger charge is 2.28. The molecule has 0 spiro atoms. The van der Waals surface area contributed by atoms with Gasteiger partial charge < -0.3 is 5.32 Å². The summed E-state index contributed by atoms with van der Waals surface area (Å²) in [4.78, 5) is 0. The Bertz CT molecular complexity index is 322. The maximum Gasteiger partial charge on any atom is 0.209 e. The molecular weight excluding hydrogens is 210 g/mol. The first-order valence-corrected chi connectivity index (χ1v) is 6.22. The summed E-state index contributed by atoms with van der Waals surface area (Å²) in [7, 11) is 1.98. The lowest BCUT2D eigenvalue weighted by molar-refractivity contribution is 0.559. The molecule has 0 saturated heterocycles. The van der Waals surface area contributed by atoms with Gasteiger partial charge in [-0.25, -0.2) is 4.68 Å². The Balaban J connectivity index is 2.00. The number of rotatable bonds is 5. The topological polar surface area (TPSA) is 55.6 Å². The van der Waals surface area contributed by atoms with Crippen LogP contribution in [0.1, 0.15) is 32.7 Å². The van der Waals surface area contributed by atoms with E-state index in [4.69, 9.17) is 0 Å². The Morgan fingerprint density at radius 2 is 2.20 bits per heavy atom. The van der Waals surface area contributed by atoms with E-state index < -0.39 is 0 Å². The minimum Gasteiger partial charge on any atom is -0.316 e. The summed E-state index contributed by atoms with van der Waals surface area (Å²) in [5, 5.41) is 16.5. The van der Waals surface area contributed by atoms with E-state index in [1.54, 1.807) is 11.8 Å². The quantitative estimate of drug-likeness (QED) is 0.763. The van der Waals surface area contributed by atoms with Crippen LogP contribution in [0.2, 0.25) is 0 Å². The summed E-state index contributed by atoms with van der Waals surface area (Å²) in [6, 6.07) is 1.01. The number of hydrogen-bond donors (Lipinski definition) is 1. The van der Waals surface area contributed by atoms with Crippen LogP contribution in [0.25, 0.3) is 0 Å². The van der Waals surface area contributed by atoms with Crippen LogP contribution in [0.5, 0.6) is 0 Å². The second-order valence-corrected chi connectivity index (χ2v) is 5.38. The van der Waals surface area contributed by atoms with Crippen LogP contribution in [-0.2, 0) is 0 Å². The maximum atomic E-state index is 4.07. The first-order valence-electron chi connectivity index (χ1n) is 5.34. The summed E-state index contributed by atoms with van der Waals surface area (Å²) < 4.78 is 1.96. The van der Waals surface area contributed by atoms with Gasteiger partial charge in [0.1, 0.15) is 0 Å². The fourth-order valence-electron chi connectivity index (χ4n) is 1.31. The lowest BCUT2D eigenvalue weighted by Crippen LogP contribution is -2.30. The molecule has 1 aliphatic carbocycles. The van der Waals surface area contributed by atoms with Gasteiger partial charge in [-0.3, -0.25) is 0 Å². The molecule has 2 atom stereocenters. The van der Waals surface area contributed by atoms with E-state index in [2.05, 4.69) is 34.7 Å². The van der Waals surface area contributed by atoms with Crippen LogP contribution in [-0.4, -0.2) is 38.5 Å². The Kier molecular flexibility index (Phi) is 3.25. The van der Waals surface area contributed by atoms with Crippen LogP contribution in [0.3, 0.4) is 0 Å². The van der Waals surface area contributed by atoms with Gasteiger partial charge in [0.05, 0.1) is 6.04 Å². The number of nitrogens with zero attached hydrogens (tertiary/aromatic N) is 4. The molecule has 1 saturated carbocycles. The molecule has 1 fully saturated rings. The molecule has 0 amide bonds. The molecule has 5 nitrogen and oxygen atoms in total. The first-order chi connectivity index (χ1) is 7.22. The van der Waals surface area contributed by atoms with Crippen molar-refractivity contribution in [2.24, 2.45) is 0 Å². The minimum atomic E-state index is 0.458. The Labute approximate surface area is 94.0 Å². The van der Waals surface area contributed by atoms with Crippen molar-refractivity contribution >= 4 is 11.8 Å². The van der Waals surface area contributed by atoms with Crippen molar-refractivity contribution < 1.29 is 0 Å². The number of aromatic nitrogens is 4. The Morgan fingerprint density at radius 1 is 1.47 bits per heavy atom. The van der Waals surface area contributed by atoms with Crippen LogP contribution >= 0.6 is 11.8 Å². The van der Waals surface area contributed by atoms with Crippen molar-refractivity contribution in [2.75, 3.05) is 7.05 Å². The van der Waals surface area contributed by atoms with E-state index in [0.717, 1.165) is 5.16 Å². The zero-order chi connectivity index (χ0) is 10.8. The highest BCUT2D eigenvalue weighted by atomic mass is 32.2. The highest BCUT2D eigenvalue weighted by Crippen LogP contribution is 2.37. The summed E-state index contributed by atoms with van der Waals surface area (Å²) in [5.41, 5.74) is 0. The van der Waals surface area contributed by atoms with Crippen molar-refractivity contribution in [3.8, 4) is 0 Å². The summed E-state index contributed by atoms with van der Waals surface area (Å²) >= 11 is 1.74. The van der Waals surface area contributed by atoms with Crippen LogP contribution in [0.15, 0.2) is 5.16 Å². The van der Waals surface area contributed by atoms with Crippen LogP contribution in [0, 0.1) is 0 Å². The zero-order valence-electron chi connectivity index (χ0n) is 9.34. The fraction of sp³-hybridized carbons (Fsp3) is 0.889. The third-order valence-electron chi connectivity index (χ3n) is 2.81.